The molecule has 0 saturated carbocycles. The van der Waals surface area contributed by atoms with Gasteiger partial charge in [0, 0.05) is 28.2 Å². The van der Waals surface area contributed by atoms with E-state index in [4.69, 9.17) is 0 Å². The molecule has 0 fully saturated rings. The summed E-state index contributed by atoms with van der Waals surface area (Å²) in [5.41, 5.74) is 1.80. The third kappa shape index (κ3) is 3.80. The first kappa shape index (κ1) is 17.8. The van der Waals surface area contributed by atoms with E-state index in [1.165, 1.54) is 12.1 Å². The fourth-order valence-corrected chi connectivity index (χ4v) is 2.91. The van der Waals surface area contributed by atoms with Crippen LogP contribution in [-0.4, -0.2) is 20.6 Å². The number of nitro groups is 1. The molecular weight excluding hydrogens is 400 g/mol. The summed E-state index contributed by atoms with van der Waals surface area (Å²) in [5, 5.41) is 18.0. The molecule has 3 aromatic rings. The predicted octanol–water partition coefficient (Wildman–Crippen LogP) is 4.16. The first-order valence-electron chi connectivity index (χ1n) is 7.77. The molecule has 0 atom stereocenters. The molecule has 0 spiro atoms. The highest BCUT2D eigenvalue weighted by Crippen LogP contribution is 2.21. The van der Waals surface area contributed by atoms with Crippen molar-refractivity contribution in [2.24, 2.45) is 0 Å². The van der Waals surface area contributed by atoms with Crippen molar-refractivity contribution in [2.75, 3.05) is 5.32 Å². The number of nitro benzene ring substituents is 1. The van der Waals surface area contributed by atoms with Gasteiger partial charge in [-0.1, -0.05) is 40.2 Å². The Morgan fingerprint density at radius 1 is 1.27 bits per heavy atom. The number of carbonyl (C=O) groups excluding carboxylic acids is 1. The van der Waals surface area contributed by atoms with Crippen LogP contribution in [0.1, 0.15) is 21.5 Å². The van der Waals surface area contributed by atoms with Gasteiger partial charge in [-0.15, -0.1) is 0 Å². The smallest absolute Gasteiger partial charge is 0.270 e. The quantitative estimate of drug-likeness (QED) is 0.501. The summed E-state index contributed by atoms with van der Waals surface area (Å²) in [7, 11) is 0. The van der Waals surface area contributed by atoms with Gasteiger partial charge >= 0.3 is 0 Å². The highest BCUT2D eigenvalue weighted by molar-refractivity contribution is 9.10. The number of anilines is 1. The van der Waals surface area contributed by atoms with Gasteiger partial charge in [0.15, 0.2) is 0 Å². The summed E-state index contributed by atoms with van der Waals surface area (Å²) in [5.74, 6) is 0.0942. The molecule has 8 heteroatoms. The van der Waals surface area contributed by atoms with Crippen LogP contribution in [0.15, 0.2) is 59.2 Å². The van der Waals surface area contributed by atoms with Crippen LogP contribution in [0.4, 0.5) is 11.5 Å². The Bertz CT molecular complexity index is 984. The molecule has 1 heterocycles. The maximum Gasteiger partial charge on any atom is 0.270 e. The molecule has 0 saturated heterocycles. The molecule has 1 amide bonds. The Morgan fingerprint density at radius 2 is 2.04 bits per heavy atom. The molecule has 0 aliphatic rings. The second-order valence-corrected chi connectivity index (χ2v) is 6.53. The van der Waals surface area contributed by atoms with Crippen molar-refractivity contribution in [3.63, 3.8) is 0 Å². The van der Waals surface area contributed by atoms with Crippen LogP contribution in [0.5, 0.6) is 0 Å². The summed E-state index contributed by atoms with van der Waals surface area (Å²) >= 11 is 3.49. The van der Waals surface area contributed by atoms with E-state index in [1.807, 2.05) is 24.3 Å². The van der Waals surface area contributed by atoms with Crippen LogP contribution in [0.2, 0.25) is 0 Å². The van der Waals surface area contributed by atoms with Gasteiger partial charge in [-0.05, 0) is 24.1 Å². The van der Waals surface area contributed by atoms with Crippen LogP contribution in [0.3, 0.4) is 0 Å². The number of rotatable bonds is 5. The third-order valence-electron chi connectivity index (χ3n) is 3.91. The lowest BCUT2D eigenvalue weighted by atomic mass is 10.1. The molecule has 1 aromatic heterocycles. The lowest BCUT2D eigenvalue weighted by molar-refractivity contribution is -0.384. The Hall–Kier alpha value is -3.00. The van der Waals surface area contributed by atoms with Gasteiger partial charge < -0.3 is 5.32 Å². The zero-order valence-electron chi connectivity index (χ0n) is 13.8. The number of hydrogen-bond donors (Lipinski definition) is 1. The van der Waals surface area contributed by atoms with Crippen LogP contribution in [-0.2, 0) is 6.54 Å². The topological polar surface area (TPSA) is 90.1 Å². The van der Waals surface area contributed by atoms with Gasteiger partial charge in [-0.3, -0.25) is 14.9 Å². The number of aromatic nitrogens is 2. The Labute approximate surface area is 157 Å². The Kier molecular flexibility index (Phi) is 5.13. The van der Waals surface area contributed by atoms with E-state index in [0.29, 0.717) is 17.9 Å². The molecule has 0 aliphatic heterocycles. The van der Waals surface area contributed by atoms with Crippen LogP contribution in [0.25, 0.3) is 0 Å². The van der Waals surface area contributed by atoms with Gasteiger partial charge in [0.05, 0.1) is 17.7 Å². The second-order valence-electron chi connectivity index (χ2n) is 5.68. The average Bonchev–Trinajstić information content (AvgIpc) is 3.03. The van der Waals surface area contributed by atoms with E-state index in [-0.39, 0.29) is 11.3 Å². The lowest BCUT2D eigenvalue weighted by Crippen LogP contribution is -2.17. The van der Waals surface area contributed by atoms with Crippen molar-refractivity contribution in [1.82, 2.24) is 9.78 Å². The van der Waals surface area contributed by atoms with Crippen molar-refractivity contribution < 1.29 is 9.72 Å². The SMILES string of the molecule is Cc1ccc([N+](=O)[O-])cc1C(=O)Nc1ccnn1Cc1ccccc1Br. The van der Waals surface area contributed by atoms with Gasteiger partial charge in [0.1, 0.15) is 5.82 Å². The monoisotopic (exact) mass is 414 g/mol. The van der Waals surface area contributed by atoms with Gasteiger partial charge in [-0.25, -0.2) is 4.68 Å². The number of aryl methyl sites for hydroxylation is 1. The fourth-order valence-electron chi connectivity index (χ4n) is 2.50. The summed E-state index contributed by atoms with van der Waals surface area (Å²) in [4.78, 5) is 23.0. The van der Waals surface area contributed by atoms with E-state index in [1.54, 1.807) is 29.9 Å². The number of nitrogens with one attached hydrogen (secondary N) is 1. The first-order chi connectivity index (χ1) is 12.5. The highest BCUT2D eigenvalue weighted by Gasteiger charge is 2.16. The number of non-ortho nitro benzene ring substituents is 1. The van der Waals surface area contributed by atoms with Crippen molar-refractivity contribution in [2.45, 2.75) is 13.5 Å². The van der Waals surface area contributed by atoms with Crippen molar-refractivity contribution >= 4 is 33.3 Å². The number of carbonyl (C=O) groups is 1. The van der Waals surface area contributed by atoms with Gasteiger partial charge in [0.2, 0.25) is 0 Å². The standard InChI is InChI=1S/C18H15BrN4O3/c1-12-6-7-14(23(25)26)10-15(12)18(24)21-17-8-9-20-22(17)11-13-4-2-3-5-16(13)19/h2-10H,11H2,1H3,(H,21,24). The van der Waals surface area contributed by atoms with Crippen molar-refractivity contribution in [3.8, 4) is 0 Å². The van der Waals surface area contributed by atoms with Crippen molar-refractivity contribution in [1.29, 1.82) is 0 Å². The number of nitrogens with zero attached hydrogens (tertiary/aromatic N) is 3. The predicted molar refractivity (Wildman–Crippen MR) is 101 cm³/mol. The molecule has 26 heavy (non-hydrogen) atoms. The molecule has 3 rings (SSSR count). The van der Waals surface area contributed by atoms with E-state index >= 15 is 0 Å². The summed E-state index contributed by atoms with van der Waals surface area (Å²) in [6.45, 7) is 2.20. The minimum atomic E-state index is -0.520. The summed E-state index contributed by atoms with van der Waals surface area (Å²) < 4.78 is 2.60. The van der Waals surface area contributed by atoms with E-state index in [0.717, 1.165) is 10.0 Å². The zero-order valence-corrected chi connectivity index (χ0v) is 15.4. The molecule has 0 aliphatic carbocycles. The minimum Gasteiger partial charge on any atom is -0.307 e. The highest BCUT2D eigenvalue weighted by atomic mass is 79.9. The first-order valence-corrected chi connectivity index (χ1v) is 8.56. The van der Waals surface area contributed by atoms with Gasteiger partial charge in [-0.2, -0.15) is 5.10 Å². The Balaban J connectivity index is 1.83. The molecule has 0 unspecified atom stereocenters. The van der Waals surface area contributed by atoms with E-state index in [9.17, 15) is 14.9 Å². The zero-order chi connectivity index (χ0) is 18.7. The van der Waals surface area contributed by atoms with E-state index < -0.39 is 10.8 Å². The number of halogens is 1. The van der Waals surface area contributed by atoms with Crippen molar-refractivity contribution in [3.05, 3.63) is 86.0 Å². The average molecular weight is 415 g/mol. The summed E-state index contributed by atoms with van der Waals surface area (Å²) in [6.07, 6.45) is 1.59. The van der Waals surface area contributed by atoms with Crippen LogP contribution in [0, 0.1) is 17.0 Å². The molecule has 7 nitrogen and oxygen atoms in total. The summed E-state index contributed by atoms with van der Waals surface area (Å²) in [6, 6.07) is 13.6. The largest absolute Gasteiger partial charge is 0.307 e. The number of amides is 1. The molecular formula is C18H15BrN4O3. The fraction of sp³-hybridized carbons (Fsp3) is 0.111. The molecule has 2 aromatic carbocycles. The van der Waals surface area contributed by atoms with Crippen LogP contribution < -0.4 is 5.32 Å². The number of hydrogen-bond acceptors (Lipinski definition) is 4. The number of benzene rings is 2. The minimum absolute atomic E-state index is 0.123. The molecule has 0 radical (unpaired) electrons. The molecule has 0 bridgehead atoms. The third-order valence-corrected chi connectivity index (χ3v) is 4.69. The molecule has 1 N–H and O–H groups in total. The van der Waals surface area contributed by atoms with E-state index in [2.05, 4.69) is 26.3 Å². The second kappa shape index (κ2) is 7.49. The maximum atomic E-state index is 12.6. The maximum absolute atomic E-state index is 12.6. The lowest BCUT2D eigenvalue weighted by Gasteiger charge is -2.11. The Morgan fingerprint density at radius 3 is 2.77 bits per heavy atom. The van der Waals surface area contributed by atoms with Crippen LogP contribution >= 0.6 is 15.9 Å². The molecule has 132 valence electrons. The van der Waals surface area contributed by atoms with Gasteiger partial charge in [0.25, 0.3) is 11.6 Å². The normalized spacial score (nSPS) is 10.5.